The number of sulfonamides is 1. The normalized spacial score (nSPS) is 19.4. The van der Waals surface area contributed by atoms with Gasteiger partial charge in [0.05, 0.1) is 10.9 Å². The quantitative estimate of drug-likeness (QED) is 0.803. The Bertz CT molecular complexity index is 923. The minimum absolute atomic E-state index is 0.171. The van der Waals surface area contributed by atoms with Crippen LogP contribution in [-0.4, -0.2) is 44.3 Å². The molecule has 1 unspecified atom stereocenters. The molecule has 0 aromatic heterocycles. The average molecular weight is 387 g/mol. The van der Waals surface area contributed by atoms with E-state index in [4.69, 9.17) is 0 Å². The number of nitrogens with zero attached hydrogens (tertiary/aromatic N) is 2. The number of benzene rings is 2. The van der Waals surface area contributed by atoms with E-state index in [0.717, 1.165) is 34.4 Å². The maximum absolute atomic E-state index is 13.8. The van der Waals surface area contributed by atoms with Gasteiger partial charge in [-0.25, -0.2) is 8.42 Å². The van der Waals surface area contributed by atoms with Gasteiger partial charge in [-0.15, -0.1) is 0 Å². The van der Waals surface area contributed by atoms with Crippen LogP contribution in [0, 0.1) is 34.6 Å². The van der Waals surface area contributed by atoms with E-state index in [1.165, 1.54) is 5.56 Å². The van der Waals surface area contributed by atoms with Crippen molar-refractivity contribution in [3.8, 4) is 0 Å². The monoisotopic (exact) mass is 386 g/mol. The lowest BCUT2D eigenvalue weighted by molar-refractivity contribution is 0.160. The fourth-order valence-electron chi connectivity index (χ4n) is 4.11. The third-order valence-electron chi connectivity index (χ3n) is 6.22. The van der Waals surface area contributed by atoms with Gasteiger partial charge in [-0.3, -0.25) is 0 Å². The fourth-order valence-corrected chi connectivity index (χ4v) is 6.27. The van der Waals surface area contributed by atoms with Crippen molar-refractivity contribution in [2.24, 2.45) is 0 Å². The van der Waals surface area contributed by atoms with Crippen LogP contribution in [-0.2, 0) is 10.0 Å². The third kappa shape index (κ3) is 3.44. The summed E-state index contributed by atoms with van der Waals surface area (Å²) < 4.78 is 29.4. The van der Waals surface area contributed by atoms with Gasteiger partial charge in [0.1, 0.15) is 0 Å². The Morgan fingerprint density at radius 2 is 1.33 bits per heavy atom. The van der Waals surface area contributed by atoms with Crippen LogP contribution < -0.4 is 0 Å². The van der Waals surface area contributed by atoms with Gasteiger partial charge in [0, 0.05) is 19.6 Å². The van der Waals surface area contributed by atoms with Crippen molar-refractivity contribution in [2.45, 2.75) is 45.6 Å². The molecule has 1 fully saturated rings. The molecule has 27 heavy (non-hydrogen) atoms. The lowest BCUT2D eigenvalue weighted by atomic mass is 9.95. The zero-order valence-electron chi connectivity index (χ0n) is 17.2. The van der Waals surface area contributed by atoms with Gasteiger partial charge < -0.3 is 4.90 Å². The summed E-state index contributed by atoms with van der Waals surface area (Å²) in [5, 5.41) is 0. The summed E-state index contributed by atoms with van der Waals surface area (Å²) in [6.07, 6.45) is 0. The van der Waals surface area contributed by atoms with Crippen LogP contribution >= 0.6 is 0 Å². The average Bonchev–Trinajstić information content (AvgIpc) is 2.65. The minimum atomic E-state index is -3.60. The van der Waals surface area contributed by atoms with E-state index >= 15 is 0 Å². The Morgan fingerprint density at radius 3 is 1.89 bits per heavy atom. The van der Waals surface area contributed by atoms with Crippen LogP contribution in [0.4, 0.5) is 0 Å². The van der Waals surface area contributed by atoms with E-state index in [0.29, 0.717) is 18.0 Å². The molecular formula is C22H30N2O2S. The molecule has 4 nitrogen and oxygen atoms in total. The molecule has 2 aromatic rings. The highest BCUT2D eigenvalue weighted by molar-refractivity contribution is 7.89. The smallest absolute Gasteiger partial charge is 0.244 e. The predicted molar refractivity (Wildman–Crippen MR) is 111 cm³/mol. The second kappa shape index (κ2) is 7.38. The fraction of sp³-hybridized carbons (Fsp3) is 0.455. The highest BCUT2D eigenvalue weighted by Gasteiger charge is 2.38. The zero-order valence-corrected chi connectivity index (χ0v) is 18.0. The van der Waals surface area contributed by atoms with Crippen molar-refractivity contribution in [3.63, 3.8) is 0 Å². The van der Waals surface area contributed by atoms with Crippen LogP contribution in [0.15, 0.2) is 35.2 Å². The van der Waals surface area contributed by atoms with Gasteiger partial charge in [0.25, 0.3) is 0 Å². The topological polar surface area (TPSA) is 40.6 Å². The molecule has 2 aromatic carbocycles. The molecule has 0 aliphatic carbocycles. The molecule has 0 radical (unpaired) electrons. The largest absolute Gasteiger partial charge is 0.303 e. The zero-order chi connectivity index (χ0) is 19.9. The summed E-state index contributed by atoms with van der Waals surface area (Å²) in [4.78, 5) is 2.70. The van der Waals surface area contributed by atoms with E-state index < -0.39 is 10.0 Å². The Labute approximate surface area is 163 Å². The summed E-state index contributed by atoms with van der Waals surface area (Å²) in [6.45, 7) is 11.9. The molecule has 0 N–H and O–H groups in total. The maximum Gasteiger partial charge on any atom is 0.244 e. The molecule has 0 saturated carbocycles. The van der Waals surface area contributed by atoms with Crippen LogP contribution in [0.5, 0.6) is 0 Å². The first kappa shape index (κ1) is 20.1. The van der Waals surface area contributed by atoms with E-state index in [9.17, 15) is 8.42 Å². The Hall–Kier alpha value is -1.69. The van der Waals surface area contributed by atoms with Gasteiger partial charge in [0.15, 0.2) is 0 Å². The van der Waals surface area contributed by atoms with E-state index in [2.05, 4.69) is 18.9 Å². The molecule has 1 atom stereocenters. The molecule has 5 heteroatoms. The molecule has 1 aliphatic heterocycles. The predicted octanol–water partition coefficient (Wildman–Crippen LogP) is 3.91. The van der Waals surface area contributed by atoms with Gasteiger partial charge in [-0.1, -0.05) is 30.3 Å². The first-order chi connectivity index (χ1) is 12.7. The highest BCUT2D eigenvalue weighted by atomic mass is 32.2. The molecule has 0 spiro atoms. The molecule has 0 bridgehead atoms. The summed E-state index contributed by atoms with van der Waals surface area (Å²) in [5.74, 6) is 0. The first-order valence-electron chi connectivity index (χ1n) is 9.48. The van der Waals surface area contributed by atoms with Gasteiger partial charge in [-0.05, 0) is 75.0 Å². The summed E-state index contributed by atoms with van der Waals surface area (Å²) >= 11 is 0. The van der Waals surface area contributed by atoms with Crippen LogP contribution in [0.1, 0.15) is 39.4 Å². The number of likely N-dealkylation sites (N-methyl/N-ethyl adjacent to an activating group) is 1. The van der Waals surface area contributed by atoms with Crippen molar-refractivity contribution in [3.05, 3.63) is 63.7 Å². The lowest BCUT2D eigenvalue weighted by Gasteiger charge is -2.40. The molecule has 1 aliphatic rings. The van der Waals surface area contributed by atoms with Crippen molar-refractivity contribution in [1.82, 2.24) is 9.21 Å². The first-order valence-corrected chi connectivity index (χ1v) is 10.9. The second-order valence-electron chi connectivity index (χ2n) is 7.76. The molecule has 146 valence electrons. The van der Waals surface area contributed by atoms with Crippen molar-refractivity contribution in [2.75, 3.05) is 26.7 Å². The molecule has 3 rings (SSSR count). The maximum atomic E-state index is 13.8. The number of piperazine rings is 1. The Balaban J connectivity index is 2.16. The number of rotatable bonds is 3. The summed E-state index contributed by atoms with van der Waals surface area (Å²) in [7, 11) is -1.55. The van der Waals surface area contributed by atoms with Crippen molar-refractivity contribution < 1.29 is 8.42 Å². The lowest BCUT2D eigenvalue weighted by Crippen LogP contribution is -2.49. The van der Waals surface area contributed by atoms with Crippen LogP contribution in [0.2, 0.25) is 0 Å². The summed E-state index contributed by atoms with van der Waals surface area (Å²) in [6, 6.07) is 9.80. The van der Waals surface area contributed by atoms with Crippen molar-refractivity contribution >= 4 is 10.0 Å². The molecular weight excluding hydrogens is 356 g/mol. The van der Waals surface area contributed by atoms with Crippen LogP contribution in [0.3, 0.4) is 0 Å². The SMILES string of the molecule is Cc1c(C)c(C)c(S(=O)(=O)N2CCN(C)CC2c2ccccc2)c(C)c1C. The summed E-state index contributed by atoms with van der Waals surface area (Å²) in [5.41, 5.74) is 6.12. The Morgan fingerprint density at radius 1 is 0.815 bits per heavy atom. The van der Waals surface area contributed by atoms with Gasteiger partial charge >= 0.3 is 0 Å². The van der Waals surface area contributed by atoms with Crippen LogP contribution in [0.25, 0.3) is 0 Å². The van der Waals surface area contributed by atoms with Crippen molar-refractivity contribution in [1.29, 1.82) is 0 Å². The van der Waals surface area contributed by atoms with E-state index in [1.807, 2.05) is 58.0 Å². The number of hydrogen-bond donors (Lipinski definition) is 0. The van der Waals surface area contributed by atoms with E-state index in [1.54, 1.807) is 4.31 Å². The Kier molecular flexibility index (Phi) is 5.48. The van der Waals surface area contributed by atoms with Gasteiger partial charge in [-0.2, -0.15) is 4.31 Å². The van der Waals surface area contributed by atoms with E-state index in [-0.39, 0.29) is 6.04 Å². The van der Waals surface area contributed by atoms with Gasteiger partial charge in [0.2, 0.25) is 10.0 Å². The molecule has 1 heterocycles. The third-order valence-corrected chi connectivity index (χ3v) is 8.40. The molecule has 0 amide bonds. The second-order valence-corrected chi connectivity index (χ2v) is 9.59. The number of hydrogen-bond acceptors (Lipinski definition) is 3. The molecule has 1 saturated heterocycles. The standard InChI is InChI=1S/C22H30N2O2S/c1-15-16(2)18(4)22(19(5)17(15)3)27(25,26)24-13-12-23(6)14-21(24)20-10-8-7-9-11-20/h7-11,21H,12-14H2,1-6H3. The minimum Gasteiger partial charge on any atom is -0.303 e. The highest BCUT2D eigenvalue weighted by Crippen LogP contribution is 2.36.